The van der Waals surface area contributed by atoms with Gasteiger partial charge in [0.25, 0.3) is 5.91 Å². The second-order valence-corrected chi connectivity index (χ2v) is 3.72. The van der Waals surface area contributed by atoms with Crippen molar-refractivity contribution in [1.29, 1.82) is 0 Å². The van der Waals surface area contributed by atoms with Crippen molar-refractivity contribution in [2.45, 2.75) is 6.92 Å². The number of nitrogens with zero attached hydrogens (tertiary/aromatic N) is 1. The maximum atomic E-state index is 11.9. The van der Waals surface area contributed by atoms with E-state index in [1.54, 1.807) is 30.5 Å². The van der Waals surface area contributed by atoms with Crippen LogP contribution in [0.1, 0.15) is 15.9 Å². The van der Waals surface area contributed by atoms with E-state index in [4.69, 9.17) is 5.73 Å². The van der Waals surface area contributed by atoms with Crippen molar-refractivity contribution in [3.05, 3.63) is 53.9 Å². The van der Waals surface area contributed by atoms with Gasteiger partial charge in [-0.1, -0.05) is 6.07 Å². The standard InChI is InChI=1S/C13H13N3O/c1-9-11(14)5-2-6-12(9)16-13(17)10-4-3-7-15-8-10/h2-8H,14H2,1H3,(H,16,17). The molecular weight excluding hydrogens is 214 g/mol. The smallest absolute Gasteiger partial charge is 0.257 e. The van der Waals surface area contributed by atoms with Gasteiger partial charge in [-0.05, 0) is 36.8 Å². The van der Waals surface area contributed by atoms with Gasteiger partial charge < -0.3 is 11.1 Å². The number of amides is 1. The Labute approximate surface area is 99.5 Å². The van der Waals surface area contributed by atoms with Crippen molar-refractivity contribution >= 4 is 17.3 Å². The van der Waals surface area contributed by atoms with E-state index in [2.05, 4.69) is 10.3 Å². The Morgan fingerprint density at radius 2 is 2.12 bits per heavy atom. The molecule has 0 unspecified atom stereocenters. The summed E-state index contributed by atoms with van der Waals surface area (Å²) in [6.45, 7) is 1.87. The lowest BCUT2D eigenvalue weighted by molar-refractivity contribution is 0.102. The lowest BCUT2D eigenvalue weighted by atomic mass is 10.1. The van der Waals surface area contributed by atoms with Crippen molar-refractivity contribution in [3.63, 3.8) is 0 Å². The topological polar surface area (TPSA) is 68.0 Å². The molecule has 4 nitrogen and oxygen atoms in total. The molecule has 2 aromatic rings. The Morgan fingerprint density at radius 1 is 1.29 bits per heavy atom. The lowest BCUT2D eigenvalue weighted by Crippen LogP contribution is -2.13. The van der Waals surface area contributed by atoms with E-state index in [1.807, 2.05) is 13.0 Å². The molecular formula is C13H13N3O. The molecule has 0 saturated heterocycles. The number of carbonyl (C=O) groups is 1. The number of hydrogen-bond acceptors (Lipinski definition) is 3. The quantitative estimate of drug-likeness (QED) is 0.773. The molecule has 1 heterocycles. The SMILES string of the molecule is Cc1c(N)cccc1NC(=O)c1cccnc1. The van der Waals surface area contributed by atoms with Gasteiger partial charge in [0.05, 0.1) is 5.56 Å². The molecule has 86 valence electrons. The van der Waals surface area contributed by atoms with Crippen LogP contribution in [-0.4, -0.2) is 10.9 Å². The molecule has 17 heavy (non-hydrogen) atoms. The summed E-state index contributed by atoms with van der Waals surface area (Å²) in [5.74, 6) is -0.188. The van der Waals surface area contributed by atoms with Gasteiger partial charge in [-0.3, -0.25) is 9.78 Å². The largest absolute Gasteiger partial charge is 0.398 e. The maximum absolute atomic E-state index is 11.9. The molecule has 1 aromatic heterocycles. The summed E-state index contributed by atoms with van der Waals surface area (Å²) in [6.07, 6.45) is 3.15. The van der Waals surface area contributed by atoms with Crippen LogP contribution in [0, 0.1) is 6.92 Å². The highest BCUT2D eigenvalue weighted by molar-refractivity contribution is 6.04. The van der Waals surface area contributed by atoms with Crippen LogP contribution in [0.5, 0.6) is 0 Å². The van der Waals surface area contributed by atoms with Gasteiger partial charge >= 0.3 is 0 Å². The molecule has 0 saturated carbocycles. The van der Waals surface area contributed by atoms with E-state index >= 15 is 0 Å². The van der Waals surface area contributed by atoms with Crippen LogP contribution in [0.2, 0.25) is 0 Å². The molecule has 1 amide bonds. The van der Waals surface area contributed by atoms with Gasteiger partial charge in [0, 0.05) is 23.8 Å². The molecule has 3 N–H and O–H groups in total. The fourth-order valence-corrected chi connectivity index (χ4v) is 1.48. The summed E-state index contributed by atoms with van der Waals surface area (Å²) >= 11 is 0. The molecule has 0 bridgehead atoms. The minimum atomic E-state index is -0.188. The Balaban J connectivity index is 2.22. The minimum absolute atomic E-state index is 0.188. The number of benzene rings is 1. The van der Waals surface area contributed by atoms with Crippen LogP contribution in [-0.2, 0) is 0 Å². The normalized spacial score (nSPS) is 9.94. The number of nitrogens with two attached hydrogens (primary N) is 1. The first-order valence-electron chi connectivity index (χ1n) is 5.25. The number of nitrogens with one attached hydrogen (secondary N) is 1. The third-order valence-electron chi connectivity index (χ3n) is 2.55. The zero-order chi connectivity index (χ0) is 12.3. The van der Waals surface area contributed by atoms with Crippen molar-refractivity contribution < 1.29 is 4.79 Å². The lowest BCUT2D eigenvalue weighted by Gasteiger charge is -2.09. The molecule has 0 fully saturated rings. The van der Waals surface area contributed by atoms with E-state index in [0.717, 1.165) is 11.3 Å². The average Bonchev–Trinajstić information content (AvgIpc) is 2.36. The number of rotatable bonds is 2. The van der Waals surface area contributed by atoms with Gasteiger partial charge in [-0.25, -0.2) is 0 Å². The molecule has 0 radical (unpaired) electrons. The monoisotopic (exact) mass is 227 g/mol. The number of pyridine rings is 1. The van der Waals surface area contributed by atoms with Crippen molar-refractivity contribution in [2.24, 2.45) is 0 Å². The van der Waals surface area contributed by atoms with Crippen LogP contribution in [0.15, 0.2) is 42.7 Å². The van der Waals surface area contributed by atoms with Crippen LogP contribution in [0.4, 0.5) is 11.4 Å². The first-order chi connectivity index (χ1) is 8.18. The zero-order valence-corrected chi connectivity index (χ0v) is 9.47. The van der Waals surface area contributed by atoms with E-state index in [0.29, 0.717) is 11.3 Å². The second-order valence-electron chi connectivity index (χ2n) is 3.72. The van der Waals surface area contributed by atoms with Crippen molar-refractivity contribution in [3.8, 4) is 0 Å². The van der Waals surface area contributed by atoms with E-state index < -0.39 is 0 Å². The van der Waals surface area contributed by atoms with E-state index in [1.165, 1.54) is 6.20 Å². The Kier molecular flexibility index (Phi) is 3.05. The van der Waals surface area contributed by atoms with Crippen LogP contribution < -0.4 is 11.1 Å². The van der Waals surface area contributed by atoms with Crippen LogP contribution in [0.3, 0.4) is 0 Å². The van der Waals surface area contributed by atoms with Crippen LogP contribution >= 0.6 is 0 Å². The first kappa shape index (κ1) is 11.1. The van der Waals surface area contributed by atoms with E-state index in [9.17, 15) is 4.79 Å². The molecule has 0 spiro atoms. The van der Waals surface area contributed by atoms with E-state index in [-0.39, 0.29) is 5.91 Å². The highest BCUT2D eigenvalue weighted by Crippen LogP contribution is 2.20. The molecule has 0 atom stereocenters. The number of carbonyl (C=O) groups excluding carboxylic acids is 1. The summed E-state index contributed by atoms with van der Waals surface area (Å²) < 4.78 is 0. The molecule has 0 aliphatic rings. The Hall–Kier alpha value is -2.36. The predicted octanol–water partition coefficient (Wildman–Crippen LogP) is 2.22. The van der Waals surface area contributed by atoms with Crippen molar-refractivity contribution in [2.75, 3.05) is 11.1 Å². The number of nitrogen functional groups attached to an aromatic ring is 1. The predicted molar refractivity (Wildman–Crippen MR) is 67.8 cm³/mol. The molecule has 0 aliphatic heterocycles. The fraction of sp³-hybridized carbons (Fsp3) is 0.0769. The molecule has 4 heteroatoms. The van der Waals surface area contributed by atoms with Gasteiger partial charge in [-0.15, -0.1) is 0 Å². The summed E-state index contributed by atoms with van der Waals surface area (Å²) in [7, 11) is 0. The van der Waals surface area contributed by atoms with Crippen LogP contribution in [0.25, 0.3) is 0 Å². The molecule has 0 aliphatic carbocycles. The Morgan fingerprint density at radius 3 is 2.82 bits per heavy atom. The third-order valence-corrected chi connectivity index (χ3v) is 2.55. The first-order valence-corrected chi connectivity index (χ1v) is 5.25. The van der Waals surface area contributed by atoms with Gasteiger partial charge in [0.1, 0.15) is 0 Å². The summed E-state index contributed by atoms with van der Waals surface area (Å²) in [4.78, 5) is 15.8. The molecule has 2 rings (SSSR count). The Bertz CT molecular complexity index is 538. The van der Waals surface area contributed by atoms with Gasteiger partial charge in [0.15, 0.2) is 0 Å². The highest BCUT2D eigenvalue weighted by atomic mass is 16.1. The molecule has 1 aromatic carbocycles. The minimum Gasteiger partial charge on any atom is -0.398 e. The summed E-state index contributed by atoms with van der Waals surface area (Å²) in [6, 6.07) is 8.86. The van der Waals surface area contributed by atoms with Gasteiger partial charge in [-0.2, -0.15) is 0 Å². The second kappa shape index (κ2) is 4.65. The summed E-state index contributed by atoms with van der Waals surface area (Å²) in [5, 5.41) is 2.81. The highest BCUT2D eigenvalue weighted by Gasteiger charge is 2.08. The summed E-state index contributed by atoms with van der Waals surface area (Å²) in [5.41, 5.74) is 8.54. The maximum Gasteiger partial charge on any atom is 0.257 e. The third kappa shape index (κ3) is 2.42. The number of hydrogen-bond donors (Lipinski definition) is 2. The fourth-order valence-electron chi connectivity index (χ4n) is 1.48. The van der Waals surface area contributed by atoms with Gasteiger partial charge in [0.2, 0.25) is 0 Å². The zero-order valence-electron chi connectivity index (χ0n) is 9.47. The number of aromatic nitrogens is 1. The average molecular weight is 227 g/mol. The van der Waals surface area contributed by atoms with Crippen molar-refractivity contribution in [1.82, 2.24) is 4.98 Å². The number of anilines is 2.